The lowest BCUT2D eigenvalue weighted by molar-refractivity contribution is 0.0694. The average molecular weight is 700 g/mol. The van der Waals surface area contributed by atoms with E-state index >= 15 is 4.39 Å². The van der Waals surface area contributed by atoms with E-state index in [0.29, 0.717) is 47.7 Å². The Labute approximate surface area is 290 Å². The maximum Gasteiger partial charge on any atom is 0.412 e. The van der Waals surface area contributed by atoms with Gasteiger partial charge in [-0.15, -0.1) is 0 Å². The molecule has 6 rings (SSSR count). The molecule has 0 atom stereocenters. The molecule has 2 amide bonds. The fourth-order valence-electron chi connectivity index (χ4n) is 6.21. The van der Waals surface area contributed by atoms with Gasteiger partial charge in [0.05, 0.1) is 22.5 Å². The summed E-state index contributed by atoms with van der Waals surface area (Å²) >= 11 is 0. The lowest BCUT2D eigenvalue weighted by Crippen LogP contribution is -2.49. The number of ether oxygens (including phenoxy) is 2. The molecule has 4 aromatic rings. The van der Waals surface area contributed by atoms with Crippen LogP contribution in [-0.4, -0.2) is 75.0 Å². The van der Waals surface area contributed by atoms with Crippen LogP contribution in [0, 0.1) is 5.82 Å². The van der Waals surface area contributed by atoms with Gasteiger partial charge < -0.3 is 33.5 Å². The second kappa shape index (κ2) is 13.9. The molecule has 2 aromatic carbocycles. The van der Waals surface area contributed by atoms with Crippen LogP contribution in [0.4, 0.5) is 25.4 Å². The number of allylic oxidation sites excluding steroid dienone is 2. The molecule has 15 heteroatoms. The largest absolute Gasteiger partial charge is 0.477 e. The number of carbonyl (C=O) groups is 5. The molecule has 3 heterocycles. The molecule has 0 spiro atoms. The van der Waals surface area contributed by atoms with Crippen molar-refractivity contribution in [2.75, 3.05) is 36.4 Å². The molecule has 264 valence electrons. The number of nitrogens with one attached hydrogen (secondary N) is 1. The molecule has 14 nitrogen and oxygen atoms in total. The van der Waals surface area contributed by atoms with Gasteiger partial charge in [0.25, 0.3) is 0 Å². The number of Topliss-reactive ketones (excluding diaryl/α,β-unsaturated/α-hetero) is 1. The summed E-state index contributed by atoms with van der Waals surface area (Å²) in [6, 6.07) is 10.7. The number of benzene rings is 2. The second-order valence-corrected chi connectivity index (χ2v) is 12.2. The second-order valence-electron chi connectivity index (χ2n) is 12.2. The van der Waals surface area contributed by atoms with Crippen LogP contribution in [0.1, 0.15) is 56.3 Å². The van der Waals surface area contributed by atoms with Crippen molar-refractivity contribution < 1.29 is 42.9 Å². The highest BCUT2D eigenvalue weighted by atomic mass is 19.1. The van der Waals surface area contributed by atoms with Gasteiger partial charge in [-0.1, -0.05) is 12.1 Å². The molecule has 2 N–H and O–H groups in total. The Balaban J connectivity index is 0.988. The van der Waals surface area contributed by atoms with Crippen LogP contribution in [0.2, 0.25) is 0 Å². The zero-order valence-electron chi connectivity index (χ0n) is 28.0. The van der Waals surface area contributed by atoms with Crippen molar-refractivity contribution in [2.45, 2.75) is 33.6 Å². The number of carboxylic acid groups (broad SMARTS) is 1. The van der Waals surface area contributed by atoms with Crippen LogP contribution in [-0.2, 0) is 36.3 Å². The van der Waals surface area contributed by atoms with Crippen LogP contribution in [0.25, 0.3) is 10.9 Å². The number of aromatic nitrogens is 2. The number of nitrogens with zero attached hydrogens (tertiary/aromatic N) is 4. The first kappa shape index (κ1) is 34.6. The number of hydrogen-bond acceptors (Lipinski definition) is 9. The number of halogens is 1. The quantitative estimate of drug-likeness (QED) is 0.262. The Morgan fingerprint density at radius 3 is 2.33 bits per heavy atom. The van der Waals surface area contributed by atoms with Crippen LogP contribution >= 0.6 is 0 Å². The van der Waals surface area contributed by atoms with Gasteiger partial charge >= 0.3 is 18.2 Å². The molecule has 1 aliphatic carbocycles. The number of ketones is 2. The first-order chi connectivity index (χ1) is 24.4. The van der Waals surface area contributed by atoms with Crippen molar-refractivity contribution in [1.29, 1.82) is 0 Å². The highest BCUT2D eigenvalue weighted by Crippen LogP contribution is 2.27. The summed E-state index contributed by atoms with van der Waals surface area (Å²) in [7, 11) is 1.63. The van der Waals surface area contributed by atoms with Gasteiger partial charge in [0, 0.05) is 62.6 Å². The Bertz CT molecular complexity index is 2190. The molecule has 0 radical (unpaired) electrons. The third kappa shape index (κ3) is 6.82. The van der Waals surface area contributed by atoms with Gasteiger partial charge in [-0.05, 0) is 55.8 Å². The first-order valence-electron chi connectivity index (χ1n) is 16.1. The van der Waals surface area contributed by atoms with Crippen molar-refractivity contribution in [2.24, 2.45) is 7.05 Å². The van der Waals surface area contributed by atoms with Crippen molar-refractivity contribution >= 4 is 52.0 Å². The summed E-state index contributed by atoms with van der Waals surface area (Å²) in [5, 5.41) is 12.0. The van der Waals surface area contributed by atoms with Crippen molar-refractivity contribution in [3.05, 3.63) is 104 Å². The Kier molecular flexibility index (Phi) is 9.46. The molecular formula is C36H34FN5O9. The van der Waals surface area contributed by atoms with E-state index < -0.39 is 35.0 Å². The van der Waals surface area contributed by atoms with Gasteiger partial charge in [0.1, 0.15) is 30.3 Å². The van der Waals surface area contributed by atoms with Crippen molar-refractivity contribution in [1.82, 2.24) is 14.0 Å². The molecule has 2 aliphatic rings. The molecular weight excluding hydrogens is 665 g/mol. The van der Waals surface area contributed by atoms with E-state index in [-0.39, 0.29) is 60.2 Å². The van der Waals surface area contributed by atoms with E-state index in [2.05, 4.69) is 5.32 Å². The third-order valence-electron chi connectivity index (χ3n) is 9.03. The van der Waals surface area contributed by atoms with Gasteiger partial charge in [-0.25, -0.2) is 18.8 Å². The number of pyridine rings is 1. The van der Waals surface area contributed by atoms with Gasteiger partial charge in [-0.3, -0.25) is 19.7 Å². The SMILES string of the molecule is CCn1cc(C(=O)O)c(=O)c2cc(F)c(N3CCN(C(=O)OCc4ccc(NC(=O)OCc5cc6c(n5C)C(=O)C=C(C)C6=O)cc4)CC3)cc21. The number of carbonyl (C=O) groups excluding carboxylic acids is 4. The predicted octanol–water partition coefficient (Wildman–Crippen LogP) is 4.73. The molecule has 51 heavy (non-hydrogen) atoms. The number of amides is 2. The fourth-order valence-corrected chi connectivity index (χ4v) is 6.21. The number of aryl methyl sites for hydroxylation is 1. The Hall–Kier alpha value is -6.25. The minimum atomic E-state index is -1.38. The third-order valence-corrected chi connectivity index (χ3v) is 9.03. The number of piperazine rings is 1. The molecule has 1 saturated heterocycles. The molecule has 1 aliphatic heterocycles. The summed E-state index contributed by atoms with van der Waals surface area (Å²) in [6.07, 6.45) is 1.27. The fraction of sp³-hybridized carbons (Fsp3) is 0.278. The van der Waals surface area contributed by atoms with Gasteiger partial charge in [-0.2, -0.15) is 0 Å². The summed E-state index contributed by atoms with van der Waals surface area (Å²) < 4.78 is 29.1. The minimum Gasteiger partial charge on any atom is -0.477 e. The Morgan fingerprint density at radius 2 is 1.67 bits per heavy atom. The van der Waals surface area contributed by atoms with E-state index in [1.54, 1.807) is 65.3 Å². The summed E-state index contributed by atoms with van der Waals surface area (Å²) in [4.78, 5) is 77.5. The number of rotatable bonds is 8. The zero-order chi connectivity index (χ0) is 36.6. The molecule has 0 saturated carbocycles. The van der Waals surface area contributed by atoms with Crippen LogP contribution in [0.5, 0.6) is 0 Å². The molecule has 0 unspecified atom stereocenters. The number of fused-ring (bicyclic) bond motifs is 2. The average Bonchev–Trinajstić information content (AvgIpc) is 3.45. The van der Waals surface area contributed by atoms with Crippen LogP contribution in [0.3, 0.4) is 0 Å². The van der Waals surface area contributed by atoms with Gasteiger partial charge in [0.15, 0.2) is 5.78 Å². The normalized spacial score (nSPS) is 14.3. The standard InChI is InChI=1S/C36H34FN5O9/c1-4-40-17-26(34(46)47)33(45)24-15-27(37)29(16-28(24)40)41-9-11-42(12-10-41)36(49)51-18-21-5-7-22(8-6-21)38-35(48)50-19-23-14-25-31(39(23)3)30(43)13-20(2)32(25)44/h5-8,13-17H,4,9-12,18-19H2,1-3H3,(H,38,48)(H,46,47). The maximum absolute atomic E-state index is 15.2. The number of hydrogen-bond donors (Lipinski definition) is 2. The summed E-state index contributed by atoms with van der Waals surface area (Å²) in [5.74, 6) is -2.57. The first-order valence-corrected chi connectivity index (χ1v) is 16.1. The number of carboxylic acids is 1. The lowest BCUT2D eigenvalue weighted by atomic mass is 9.96. The summed E-state index contributed by atoms with van der Waals surface area (Å²) in [5.41, 5.74) is 1.96. The van der Waals surface area contributed by atoms with E-state index in [1.165, 1.54) is 23.2 Å². The highest BCUT2D eigenvalue weighted by molar-refractivity contribution is 6.24. The summed E-state index contributed by atoms with van der Waals surface area (Å²) in [6.45, 7) is 4.67. The van der Waals surface area contributed by atoms with Crippen LogP contribution in [0.15, 0.2) is 65.1 Å². The zero-order valence-corrected chi connectivity index (χ0v) is 28.0. The van der Waals surface area contributed by atoms with E-state index in [4.69, 9.17) is 9.47 Å². The number of aromatic carboxylic acids is 1. The van der Waals surface area contributed by atoms with Crippen molar-refractivity contribution in [3.8, 4) is 0 Å². The van der Waals surface area contributed by atoms with E-state index in [0.717, 1.165) is 6.07 Å². The van der Waals surface area contributed by atoms with Gasteiger partial charge in [0.2, 0.25) is 11.2 Å². The maximum atomic E-state index is 15.2. The van der Waals surface area contributed by atoms with Crippen molar-refractivity contribution in [3.63, 3.8) is 0 Å². The smallest absolute Gasteiger partial charge is 0.412 e. The lowest BCUT2D eigenvalue weighted by Gasteiger charge is -2.35. The topological polar surface area (TPSA) is 169 Å². The van der Waals surface area contributed by atoms with E-state index in [9.17, 15) is 33.9 Å². The highest BCUT2D eigenvalue weighted by Gasteiger charge is 2.29. The number of anilines is 2. The molecule has 2 aromatic heterocycles. The minimum absolute atomic E-state index is 0.0164. The molecule has 1 fully saturated rings. The predicted molar refractivity (Wildman–Crippen MR) is 183 cm³/mol. The molecule has 0 bridgehead atoms. The van der Waals surface area contributed by atoms with E-state index in [1.807, 2.05) is 0 Å². The Morgan fingerprint density at radius 1 is 0.961 bits per heavy atom. The monoisotopic (exact) mass is 699 g/mol. The van der Waals surface area contributed by atoms with Crippen LogP contribution < -0.4 is 15.6 Å².